The van der Waals surface area contributed by atoms with Crippen LogP contribution < -0.4 is 5.32 Å². The van der Waals surface area contributed by atoms with E-state index in [4.69, 9.17) is 4.74 Å². The van der Waals surface area contributed by atoms with Crippen LogP contribution in [0.4, 0.5) is 0 Å². The number of amides is 1. The van der Waals surface area contributed by atoms with Gasteiger partial charge in [0.15, 0.2) is 0 Å². The van der Waals surface area contributed by atoms with Crippen molar-refractivity contribution in [2.75, 3.05) is 19.8 Å². The minimum Gasteiger partial charge on any atom is -0.381 e. The Labute approximate surface area is 134 Å². The molecule has 22 heavy (non-hydrogen) atoms. The van der Waals surface area contributed by atoms with Crippen molar-refractivity contribution < 1.29 is 9.53 Å². The van der Waals surface area contributed by atoms with Crippen molar-refractivity contribution in [2.45, 2.75) is 26.8 Å². The van der Waals surface area contributed by atoms with E-state index < -0.39 is 0 Å². The Morgan fingerprint density at radius 2 is 2.41 bits per heavy atom. The monoisotopic (exact) mass is 319 g/mol. The maximum absolute atomic E-state index is 12.0. The standard InChI is InChI=1S/C16H21N3O2S/c1-11-15(14-4-8-22-10-14)12(2)19(18-11)6-5-17-16(20)13-3-7-21-9-13/h4,8,10,13H,3,5-7,9H2,1-2H3,(H,17,20)/t13-/m1/s1. The molecule has 3 rings (SSSR count). The fourth-order valence-electron chi connectivity index (χ4n) is 2.91. The van der Waals surface area contributed by atoms with Gasteiger partial charge >= 0.3 is 0 Å². The summed E-state index contributed by atoms with van der Waals surface area (Å²) < 4.78 is 7.22. The first-order valence-electron chi connectivity index (χ1n) is 7.59. The van der Waals surface area contributed by atoms with Crippen molar-refractivity contribution in [1.29, 1.82) is 0 Å². The van der Waals surface area contributed by atoms with Gasteiger partial charge in [0, 0.05) is 24.4 Å². The molecule has 1 aliphatic rings. The lowest BCUT2D eigenvalue weighted by atomic mass is 10.1. The van der Waals surface area contributed by atoms with Crippen molar-refractivity contribution >= 4 is 17.2 Å². The summed E-state index contributed by atoms with van der Waals surface area (Å²) in [5, 5.41) is 11.8. The fourth-order valence-corrected chi connectivity index (χ4v) is 3.56. The predicted molar refractivity (Wildman–Crippen MR) is 86.9 cm³/mol. The first kappa shape index (κ1) is 15.2. The first-order chi connectivity index (χ1) is 10.7. The zero-order valence-corrected chi connectivity index (χ0v) is 13.8. The van der Waals surface area contributed by atoms with Gasteiger partial charge in [0.2, 0.25) is 5.91 Å². The first-order valence-corrected chi connectivity index (χ1v) is 8.53. The smallest absolute Gasteiger partial charge is 0.225 e. The molecule has 2 aromatic rings. The molecular formula is C16H21N3O2S. The van der Waals surface area contributed by atoms with Crippen molar-refractivity contribution in [2.24, 2.45) is 5.92 Å². The van der Waals surface area contributed by atoms with Crippen LogP contribution in [-0.4, -0.2) is 35.4 Å². The second-order valence-electron chi connectivity index (χ2n) is 5.63. The van der Waals surface area contributed by atoms with E-state index in [1.807, 2.05) is 11.6 Å². The molecule has 0 aromatic carbocycles. The molecule has 6 heteroatoms. The summed E-state index contributed by atoms with van der Waals surface area (Å²) in [6, 6.07) is 2.12. The third-order valence-electron chi connectivity index (χ3n) is 4.11. The molecule has 2 aromatic heterocycles. The van der Waals surface area contributed by atoms with E-state index in [-0.39, 0.29) is 11.8 Å². The molecule has 1 saturated heterocycles. The Morgan fingerprint density at radius 3 is 3.09 bits per heavy atom. The Hall–Kier alpha value is -1.66. The summed E-state index contributed by atoms with van der Waals surface area (Å²) in [7, 11) is 0. The molecule has 0 radical (unpaired) electrons. The van der Waals surface area contributed by atoms with Crippen LogP contribution in [0.3, 0.4) is 0 Å². The van der Waals surface area contributed by atoms with Crippen LogP contribution in [0.2, 0.25) is 0 Å². The number of aromatic nitrogens is 2. The van der Waals surface area contributed by atoms with E-state index in [0.29, 0.717) is 26.3 Å². The van der Waals surface area contributed by atoms with Gasteiger partial charge in [-0.2, -0.15) is 16.4 Å². The maximum Gasteiger partial charge on any atom is 0.225 e. The van der Waals surface area contributed by atoms with Crippen LogP contribution in [-0.2, 0) is 16.1 Å². The van der Waals surface area contributed by atoms with Gasteiger partial charge in [0.05, 0.1) is 24.8 Å². The largest absolute Gasteiger partial charge is 0.381 e. The average Bonchev–Trinajstić information content (AvgIpc) is 3.22. The number of hydrogen-bond donors (Lipinski definition) is 1. The van der Waals surface area contributed by atoms with Gasteiger partial charge < -0.3 is 10.1 Å². The van der Waals surface area contributed by atoms with Gasteiger partial charge in [-0.25, -0.2) is 0 Å². The van der Waals surface area contributed by atoms with Gasteiger partial charge in [-0.1, -0.05) is 0 Å². The molecule has 0 unspecified atom stereocenters. The van der Waals surface area contributed by atoms with Crippen molar-refractivity contribution in [3.05, 3.63) is 28.2 Å². The average molecular weight is 319 g/mol. The van der Waals surface area contributed by atoms with E-state index in [2.05, 4.69) is 34.2 Å². The van der Waals surface area contributed by atoms with E-state index in [9.17, 15) is 4.79 Å². The maximum atomic E-state index is 12.0. The highest BCUT2D eigenvalue weighted by atomic mass is 32.1. The zero-order chi connectivity index (χ0) is 15.5. The molecule has 1 fully saturated rings. The second kappa shape index (κ2) is 6.62. The third-order valence-corrected chi connectivity index (χ3v) is 4.80. The van der Waals surface area contributed by atoms with Gasteiger partial charge in [-0.15, -0.1) is 0 Å². The van der Waals surface area contributed by atoms with Crippen molar-refractivity contribution in [3.63, 3.8) is 0 Å². The van der Waals surface area contributed by atoms with Gasteiger partial charge in [-0.05, 0) is 42.7 Å². The fraction of sp³-hybridized carbons (Fsp3) is 0.500. The van der Waals surface area contributed by atoms with Gasteiger partial charge in [0.1, 0.15) is 0 Å². The second-order valence-corrected chi connectivity index (χ2v) is 6.41. The molecule has 1 aliphatic heterocycles. The van der Waals surface area contributed by atoms with E-state index in [1.54, 1.807) is 11.3 Å². The predicted octanol–water partition coefficient (Wildman–Crippen LogP) is 2.38. The van der Waals surface area contributed by atoms with Gasteiger partial charge in [-0.3, -0.25) is 9.48 Å². The molecule has 3 heterocycles. The lowest BCUT2D eigenvalue weighted by molar-refractivity contribution is -0.124. The van der Waals surface area contributed by atoms with Gasteiger partial charge in [0.25, 0.3) is 0 Å². The lowest BCUT2D eigenvalue weighted by Crippen LogP contribution is -2.33. The lowest BCUT2D eigenvalue weighted by Gasteiger charge is -2.10. The number of rotatable bonds is 5. The number of hydrogen-bond acceptors (Lipinski definition) is 4. The quantitative estimate of drug-likeness (QED) is 0.920. The summed E-state index contributed by atoms with van der Waals surface area (Å²) in [4.78, 5) is 12.0. The van der Waals surface area contributed by atoms with Crippen LogP contribution in [0.5, 0.6) is 0 Å². The number of thiophene rings is 1. The number of carbonyl (C=O) groups is 1. The Balaban J connectivity index is 1.61. The summed E-state index contributed by atoms with van der Waals surface area (Å²) in [5.74, 6) is 0.110. The topological polar surface area (TPSA) is 56.2 Å². The number of nitrogens with one attached hydrogen (secondary N) is 1. The van der Waals surface area contributed by atoms with Crippen LogP contribution >= 0.6 is 11.3 Å². The number of ether oxygens (including phenoxy) is 1. The van der Waals surface area contributed by atoms with E-state index >= 15 is 0 Å². The van der Waals surface area contributed by atoms with E-state index in [1.165, 1.54) is 11.1 Å². The van der Waals surface area contributed by atoms with E-state index in [0.717, 1.165) is 17.8 Å². The summed E-state index contributed by atoms with van der Waals surface area (Å²) in [6.07, 6.45) is 0.827. The molecule has 0 spiro atoms. The Kier molecular flexibility index (Phi) is 4.59. The molecule has 5 nitrogen and oxygen atoms in total. The van der Waals surface area contributed by atoms with Crippen LogP contribution in [0.25, 0.3) is 11.1 Å². The SMILES string of the molecule is Cc1nn(CCNC(=O)[C@@H]2CCOC2)c(C)c1-c1ccsc1. The highest BCUT2D eigenvalue weighted by Crippen LogP contribution is 2.28. The molecular weight excluding hydrogens is 298 g/mol. The van der Waals surface area contributed by atoms with Crippen molar-refractivity contribution in [3.8, 4) is 11.1 Å². The molecule has 0 bridgehead atoms. The highest BCUT2D eigenvalue weighted by molar-refractivity contribution is 7.08. The molecule has 0 saturated carbocycles. The summed E-state index contributed by atoms with van der Waals surface area (Å²) in [6.45, 7) is 6.65. The summed E-state index contributed by atoms with van der Waals surface area (Å²) >= 11 is 1.69. The Bertz CT molecular complexity index is 643. The molecule has 1 N–H and O–H groups in total. The van der Waals surface area contributed by atoms with Crippen LogP contribution in [0, 0.1) is 19.8 Å². The number of carbonyl (C=O) groups excluding carboxylic acids is 1. The molecule has 0 aliphatic carbocycles. The van der Waals surface area contributed by atoms with Crippen LogP contribution in [0.1, 0.15) is 17.8 Å². The molecule has 1 amide bonds. The molecule has 118 valence electrons. The number of aryl methyl sites for hydroxylation is 1. The third kappa shape index (κ3) is 3.08. The minimum atomic E-state index is 0.0156. The van der Waals surface area contributed by atoms with Crippen LogP contribution in [0.15, 0.2) is 16.8 Å². The number of nitrogens with zero attached hydrogens (tertiary/aromatic N) is 2. The Morgan fingerprint density at radius 1 is 1.55 bits per heavy atom. The summed E-state index contributed by atoms with van der Waals surface area (Å²) in [5.41, 5.74) is 4.61. The normalized spacial score (nSPS) is 17.8. The highest BCUT2D eigenvalue weighted by Gasteiger charge is 2.23. The minimum absolute atomic E-state index is 0.0156. The molecule has 1 atom stereocenters. The van der Waals surface area contributed by atoms with Crippen molar-refractivity contribution in [1.82, 2.24) is 15.1 Å². The zero-order valence-electron chi connectivity index (χ0n) is 13.0.